The first-order valence-electron chi connectivity index (χ1n) is 7.07. The molecule has 0 radical (unpaired) electrons. The summed E-state index contributed by atoms with van der Waals surface area (Å²) >= 11 is 1.94. The van der Waals surface area contributed by atoms with Gasteiger partial charge in [-0.3, -0.25) is 0 Å². The maximum absolute atomic E-state index is 11.6. The van der Waals surface area contributed by atoms with Crippen LogP contribution in [0.2, 0.25) is 0 Å². The van der Waals surface area contributed by atoms with Gasteiger partial charge < -0.3 is 5.32 Å². The second-order valence-corrected chi connectivity index (χ2v) is 9.27. The quantitative estimate of drug-likeness (QED) is 0.895. The van der Waals surface area contributed by atoms with Crippen molar-refractivity contribution >= 4 is 27.5 Å². The van der Waals surface area contributed by atoms with Gasteiger partial charge in [0.25, 0.3) is 0 Å². The van der Waals surface area contributed by atoms with Crippen molar-refractivity contribution in [1.82, 2.24) is 0 Å². The molecule has 1 unspecified atom stereocenters. The van der Waals surface area contributed by atoms with Gasteiger partial charge in [0.1, 0.15) is 0 Å². The first-order chi connectivity index (χ1) is 9.58. The lowest BCUT2D eigenvalue weighted by atomic mass is 9.87. The zero-order valence-electron chi connectivity index (χ0n) is 13.1. The van der Waals surface area contributed by atoms with E-state index >= 15 is 0 Å². The van der Waals surface area contributed by atoms with E-state index in [0.717, 1.165) is 29.0 Å². The van der Waals surface area contributed by atoms with Crippen molar-refractivity contribution in [2.45, 2.75) is 45.1 Å². The fourth-order valence-corrected chi connectivity index (χ4v) is 4.61. The Morgan fingerprint density at radius 2 is 2.00 bits per heavy atom. The average molecular weight is 329 g/mol. The van der Waals surface area contributed by atoms with E-state index in [4.69, 9.17) is 5.14 Å². The number of rotatable bonds is 3. The smallest absolute Gasteiger partial charge is 0.238 e. The van der Waals surface area contributed by atoms with Gasteiger partial charge in [0.15, 0.2) is 0 Å². The predicted octanol–water partition coefficient (Wildman–Crippen LogP) is 2.89. The van der Waals surface area contributed by atoms with Gasteiger partial charge in [-0.25, -0.2) is 13.6 Å². The van der Waals surface area contributed by atoms with Crippen LogP contribution in [-0.2, 0) is 10.0 Å². The molecule has 1 saturated heterocycles. The van der Waals surface area contributed by atoms with Crippen LogP contribution < -0.4 is 10.5 Å². The number of nitrogens with one attached hydrogen (secondary N) is 1. The monoisotopic (exact) mass is 328 g/mol. The first-order valence-corrected chi connectivity index (χ1v) is 9.77. The van der Waals surface area contributed by atoms with Gasteiger partial charge in [-0.15, -0.1) is 0 Å². The normalized spacial score (nSPS) is 22.0. The van der Waals surface area contributed by atoms with E-state index < -0.39 is 10.0 Å². The molecule has 2 rings (SSSR count). The Balaban J connectivity index is 2.29. The van der Waals surface area contributed by atoms with Crippen molar-refractivity contribution in [3.05, 3.63) is 23.3 Å². The number of hydrogen-bond acceptors (Lipinski definition) is 4. The molecule has 3 N–H and O–H groups in total. The molecule has 0 amide bonds. The number of primary sulfonamides is 1. The standard InChI is InChI=1S/C15H24N2O2S2/c1-10-5-13(21(16,18)19)6-14(11(10)2)17-12-7-15(3,4)9-20-8-12/h5-6,12,17H,7-9H2,1-4H3,(H2,16,18,19). The van der Waals surface area contributed by atoms with Crippen LogP contribution in [0.5, 0.6) is 0 Å². The minimum atomic E-state index is -3.67. The molecular formula is C15H24N2O2S2. The summed E-state index contributed by atoms with van der Waals surface area (Å²) in [5.41, 5.74) is 3.20. The molecule has 6 heteroatoms. The van der Waals surface area contributed by atoms with E-state index in [9.17, 15) is 8.42 Å². The molecule has 1 aliphatic heterocycles. The number of sulfonamides is 1. The van der Waals surface area contributed by atoms with E-state index in [1.807, 2.05) is 25.6 Å². The minimum absolute atomic E-state index is 0.177. The van der Waals surface area contributed by atoms with Crippen molar-refractivity contribution in [2.75, 3.05) is 16.8 Å². The largest absolute Gasteiger partial charge is 0.381 e. The summed E-state index contributed by atoms with van der Waals surface area (Å²) in [5, 5.41) is 8.78. The molecule has 4 nitrogen and oxygen atoms in total. The molecule has 1 heterocycles. The van der Waals surface area contributed by atoms with E-state index in [1.165, 1.54) is 5.75 Å². The zero-order valence-corrected chi connectivity index (χ0v) is 14.7. The summed E-state index contributed by atoms with van der Waals surface area (Å²) in [4.78, 5) is 0.177. The number of thioether (sulfide) groups is 1. The number of hydrogen-bond donors (Lipinski definition) is 2. The molecule has 1 aromatic carbocycles. The number of nitrogens with two attached hydrogens (primary N) is 1. The highest BCUT2D eigenvalue weighted by Gasteiger charge is 2.28. The van der Waals surface area contributed by atoms with Crippen LogP contribution >= 0.6 is 11.8 Å². The van der Waals surface area contributed by atoms with Crippen molar-refractivity contribution < 1.29 is 8.42 Å². The van der Waals surface area contributed by atoms with Crippen molar-refractivity contribution in [3.8, 4) is 0 Å². The molecule has 1 atom stereocenters. The van der Waals surface area contributed by atoms with Gasteiger partial charge >= 0.3 is 0 Å². The van der Waals surface area contributed by atoms with Gasteiger partial charge in [-0.2, -0.15) is 11.8 Å². The molecule has 0 aliphatic carbocycles. The third-order valence-corrected chi connectivity index (χ3v) is 6.46. The first kappa shape index (κ1) is 16.6. The molecule has 0 aromatic heterocycles. The Labute approximate surface area is 131 Å². The lowest BCUT2D eigenvalue weighted by Crippen LogP contribution is -2.35. The number of anilines is 1. The van der Waals surface area contributed by atoms with Crippen molar-refractivity contribution in [2.24, 2.45) is 10.6 Å². The summed E-state index contributed by atoms with van der Waals surface area (Å²) in [6.07, 6.45) is 1.08. The Hall–Kier alpha value is -0.720. The molecular weight excluding hydrogens is 304 g/mol. The Bertz CT molecular complexity index is 639. The van der Waals surface area contributed by atoms with E-state index in [2.05, 4.69) is 19.2 Å². The molecule has 0 bridgehead atoms. The van der Waals surface area contributed by atoms with Gasteiger partial charge in [0.05, 0.1) is 4.90 Å². The highest BCUT2D eigenvalue weighted by Crippen LogP contribution is 2.35. The third kappa shape index (κ3) is 4.14. The maximum atomic E-state index is 11.6. The topological polar surface area (TPSA) is 72.2 Å². The highest BCUT2D eigenvalue weighted by atomic mass is 32.2. The Morgan fingerprint density at radius 3 is 2.57 bits per heavy atom. The van der Waals surface area contributed by atoms with Gasteiger partial charge in [-0.1, -0.05) is 13.8 Å². The van der Waals surface area contributed by atoms with Crippen LogP contribution in [0.15, 0.2) is 17.0 Å². The van der Waals surface area contributed by atoms with Gasteiger partial charge in [-0.05, 0) is 54.7 Å². The third-order valence-electron chi connectivity index (χ3n) is 3.94. The van der Waals surface area contributed by atoms with Crippen LogP contribution in [0.3, 0.4) is 0 Å². The second-order valence-electron chi connectivity index (χ2n) is 6.68. The molecule has 118 valence electrons. The van der Waals surface area contributed by atoms with E-state index in [1.54, 1.807) is 12.1 Å². The number of benzene rings is 1. The summed E-state index contributed by atoms with van der Waals surface area (Å²) in [7, 11) is -3.67. The Kier molecular flexibility index (Phi) is 4.61. The molecule has 0 spiro atoms. The van der Waals surface area contributed by atoms with E-state index in [0.29, 0.717) is 11.5 Å². The fraction of sp³-hybridized carbons (Fsp3) is 0.600. The molecule has 1 fully saturated rings. The summed E-state index contributed by atoms with van der Waals surface area (Å²) in [6.45, 7) is 8.46. The van der Waals surface area contributed by atoms with Crippen LogP contribution in [0.1, 0.15) is 31.4 Å². The van der Waals surface area contributed by atoms with Crippen molar-refractivity contribution in [1.29, 1.82) is 0 Å². The molecule has 0 saturated carbocycles. The fourth-order valence-electron chi connectivity index (χ4n) is 2.72. The molecule has 21 heavy (non-hydrogen) atoms. The SMILES string of the molecule is Cc1cc(S(N)(=O)=O)cc(NC2CSCC(C)(C)C2)c1C. The lowest BCUT2D eigenvalue weighted by molar-refractivity contribution is 0.358. The van der Waals surface area contributed by atoms with Gasteiger partial charge in [0.2, 0.25) is 10.0 Å². The highest BCUT2D eigenvalue weighted by molar-refractivity contribution is 7.99. The van der Waals surface area contributed by atoms with Crippen molar-refractivity contribution in [3.63, 3.8) is 0 Å². The van der Waals surface area contributed by atoms with Crippen LogP contribution in [0, 0.1) is 19.3 Å². The maximum Gasteiger partial charge on any atom is 0.238 e. The summed E-state index contributed by atoms with van der Waals surface area (Å²) in [5.74, 6) is 2.21. The predicted molar refractivity (Wildman–Crippen MR) is 90.4 cm³/mol. The van der Waals surface area contributed by atoms with Gasteiger partial charge in [0, 0.05) is 17.5 Å². The summed E-state index contributed by atoms with van der Waals surface area (Å²) < 4.78 is 23.2. The van der Waals surface area contributed by atoms with Crippen LogP contribution in [0.25, 0.3) is 0 Å². The van der Waals surface area contributed by atoms with Crippen LogP contribution in [-0.4, -0.2) is 26.0 Å². The van der Waals surface area contributed by atoms with E-state index in [-0.39, 0.29) is 4.90 Å². The van der Waals surface area contributed by atoms with Crippen LogP contribution in [0.4, 0.5) is 5.69 Å². The number of aryl methyl sites for hydroxylation is 1. The Morgan fingerprint density at radius 1 is 1.33 bits per heavy atom. The average Bonchev–Trinajstić information content (AvgIpc) is 2.32. The minimum Gasteiger partial charge on any atom is -0.381 e. The molecule has 1 aromatic rings. The molecule has 1 aliphatic rings. The second kappa shape index (κ2) is 5.82. The zero-order chi connectivity index (χ0) is 15.8. The lowest BCUT2D eigenvalue weighted by Gasteiger charge is -2.36. The summed E-state index contributed by atoms with van der Waals surface area (Å²) in [6, 6.07) is 3.65.